The molecular weight excluding hydrogens is 575 g/mol. The second kappa shape index (κ2) is 18.4. The van der Waals surface area contributed by atoms with Crippen LogP contribution < -0.4 is 10.6 Å². The molecule has 3 heterocycles. The Morgan fingerprint density at radius 2 is 1.74 bits per heavy atom. The number of piperidine rings is 1. The molecule has 11 heteroatoms. The Bertz CT molecular complexity index is 1100. The molecule has 2 aliphatic heterocycles. The highest BCUT2D eigenvalue weighted by Gasteiger charge is 2.34. The molecule has 0 radical (unpaired) electrons. The lowest BCUT2D eigenvalue weighted by atomic mass is 9.98. The number of rotatable bonds is 9. The first-order valence-electron chi connectivity index (χ1n) is 14.7. The lowest BCUT2D eigenvalue weighted by Gasteiger charge is -2.47. The Kier molecular flexibility index (Phi) is 15.7. The van der Waals surface area contributed by atoms with Crippen molar-refractivity contribution in [1.82, 2.24) is 19.8 Å². The molecule has 2 aromatic rings. The highest BCUT2D eigenvalue weighted by atomic mass is 35.5. The first-order valence-corrected chi connectivity index (χ1v) is 15.5. The number of anilines is 2. The maximum Gasteiger partial charge on any atom is 0.181 e. The van der Waals surface area contributed by atoms with Crippen molar-refractivity contribution in [3.8, 4) is 0 Å². The maximum atomic E-state index is 11.7. The number of Topliss-reactive ketones (excluding diaryl/α,β-unsaturated/α-hetero) is 1. The number of likely N-dealkylation sites (tertiary alicyclic amines) is 1. The molecule has 42 heavy (non-hydrogen) atoms. The summed E-state index contributed by atoms with van der Waals surface area (Å²) in [5.41, 5.74) is 7.43. The van der Waals surface area contributed by atoms with E-state index in [4.69, 9.17) is 38.5 Å². The third-order valence-corrected chi connectivity index (χ3v) is 8.25. The van der Waals surface area contributed by atoms with Crippen LogP contribution in [-0.2, 0) is 16.1 Å². The molecule has 2 N–H and O–H groups in total. The molecule has 0 amide bonds. The predicted octanol–water partition coefficient (Wildman–Crippen LogP) is 5.63. The Morgan fingerprint density at radius 3 is 2.26 bits per heavy atom. The number of carbonyl (C=O) groups is 2. The molecule has 9 nitrogen and oxygen atoms in total. The van der Waals surface area contributed by atoms with Crippen LogP contribution in [0.4, 0.5) is 11.6 Å². The Hall–Kier alpha value is -2.30. The molecule has 1 unspecified atom stereocenters. The molecule has 0 bridgehead atoms. The Labute approximate surface area is 261 Å². The average Bonchev–Trinajstić information content (AvgIpc) is 2.99. The third kappa shape index (κ3) is 10.8. The first-order chi connectivity index (χ1) is 20.1. The number of ketones is 1. The average molecular weight is 624 g/mol. The fourth-order valence-corrected chi connectivity index (χ4v) is 5.77. The minimum atomic E-state index is -0.230. The summed E-state index contributed by atoms with van der Waals surface area (Å²) < 4.78 is 4.85. The van der Waals surface area contributed by atoms with Crippen LogP contribution in [0.2, 0.25) is 10.2 Å². The largest absolute Gasteiger partial charge is 0.385 e. The number of nitrogens with two attached hydrogens (primary N) is 1. The van der Waals surface area contributed by atoms with E-state index in [-0.39, 0.29) is 22.4 Å². The predicted molar refractivity (Wildman–Crippen MR) is 173 cm³/mol. The fourth-order valence-electron chi connectivity index (χ4n) is 5.40. The van der Waals surface area contributed by atoms with Gasteiger partial charge in [-0.25, -0.2) is 9.97 Å². The number of halogens is 2. The van der Waals surface area contributed by atoms with Gasteiger partial charge in [-0.05, 0) is 62.4 Å². The van der Waals surface area contributed by atoms with Gasteiger partial charge in [0, 0.05) is 63.9 Å². The molecule has 1 aromatic heterocycles. The van der Waals surface area contributed by atoms with Gasteiger partial charge in [-0.1, -0.05) is 56.1 Å². The molecule has 2 saturated heterocycles. The summed E-state index contributed by atoms with van der Waals surface area (Å²) in [6.07, 6.45) is 4.57. The van der Waals surface area contributed by atoms with Crippen molar-refractivity contribution in [1.29, 1.82) is 0 Å². The van der Waals surface area contributed by atoms with E-state index < -0.39 is 0 Å². The summed E-state index contributed by atoms with van der Waals surface area (Å²) >= 11 is 12.4. The SMILES string of the molecule is C=O.CCC1CN(c2nc(N)c(C(C)=O)nc2Cl)CCN1C1CCN(Cc2ccc(Cl)cc2)CC1.COCCC(C)C. The molecule has 0 spiro atoms. The van der Waals surface area contributed by atoms with E-state index in [1.807, 2.05) is 18.9 Å². The van der Waals surface area contributed by atoms with Crippen LogP contribution in [-0.4, -0.2) is 90.9 Å². The van der Waals surface area contributed by atoms with Crippen LogP contribution in [0.5, 0.6) is 0 Å². The van der Waals surface area contributed by atoms with Gasteiger partial charge in [0.2, 0.25) is 0 Å². The standard InChI is InChI=1S/C24H32Cl2N6O.C6H14O.CH2O/c1-3-19-15-31(24-22(26)28-21(16(2)33)23(27)29-24)12-13-32(19)20-8-10-30(11-9-20)14-17-4-6-18(25)7-5-17;1-6(2)4-5-7-3;1-2/h4-7,19-20H,3,8-15H2,1-2H3,(H2,27,29);6H,4-5H2,1-3H3;1H2. The zero-order chi connectivity index (χ0) is 31.2. The smallest absolute Gasteiger partial charge is 0.181 e. The van der Waals surface area contributed by atoms with Crippen molar-refractivity contribution in [2.75, 3.05) is 57.1 Å². The van der Waals surface area contributed by atoms with Gasteiger partial charge >= 0.3 is 0 Å². The summed E-state index contributed by atoms with van der Waals surface area (Å²) in [4.78, 5) is 35.7. The number of ether oxygens (including phenoxy) is 1. The summed E-state index contributed by atoms with van der Waals surface area (Å²) in [6.45, 7) is 16.7. The van der Waals surface area contributed by atoms with Crippen LogP contribution in [0, 0.1) is 5.92 Å². The van der Waals surface area contributed by atoms with Gasteiger partial charge < -0.3 is 20.2 Å². The van der Waals surface area contributed by atoms with Crippen LogP contribution in [0.15, 0.2) is 24.3 Å². The highest BCUT2D eigenvalue weighted by molar-refractivity contribution is 6.32. The van der Waals surface area contributed by atoms with Gasteiger partial charge in [0.15, 0.2) is 22.6 Å². The van der Waals surface area contributed by atoms with Crippen LogP contribution in [0.1, 0.15) is 69.4 Å². The van der Waals surface area contributed by atoms with E-state index in [0.717, 1.165) is 63.2 Å². The zero-order valence-electron chi connectivity index (χ0n) is 25.8. The molecule has 234 valence electrons. The van der Waals surface area contributed by atoms with Gasteiger partial charge in [0.05, 0.1) is 0 Å². The van der Waals surface area contributed by atoms with Crippen molar-refractivity contribution < 1.29 is 14.3 Å². The number of piperazine rings is 1. The Balaban J connectivity index is 0.000000601. The molecule has 4 rings (SSSR count). The van der Waals surface area contributed by atoms with E-state index in [1.165, 1.54) is 31.7 Å². The molecule has 1 aromatic carbocycles. The summed E-state index contributed by atoms with van der Waals surface area (Å²) in [6, 6.07) is 9.16. The normalized spacial score (nSPS) is 18.2. The van der Waals surface area contributed by atoms with Crippen molar-refractivity contribution in [2.45, 2.75) is 72.0 Å². The number of hydrogen-bond acceptors (Lipinski definition) is 9. The van der Waals surface area contributed by atoms with E-state index in [0.29, 0.717) is 17.9 Å². The van der Waals surface area contributed by atoms with Gasteiger partial charge in [-0.3, -0.25) is 14.6 Å². The van der Waals surface area contributed by atoms with Gasteiger partial charge in [-0.15, -0.1) is 0 Å². The third-order valence-electron chi connectivity index (χ3n) is 7.74. The van der Waals surface area contributed by atoms with Crippen molar-refractivity contribution in [2.24, 2.45) is 5.92 Å². The van der Waals surface area contributed by atoms with Gasteiger partial charge in [0.1, 0.15) is 12.5 Å². The minimum absolute atomic E-state index is 0.139. The van der Waals surface area contributed by atoms with E-state index in [2.05, 4.69) is 57.6 Å². The number of hydrogen-bond donors (Lipinski definition) is 1. The molecule has 1 atom stereocenters. The van der Waals surface area contributed by atoms with Crippen LogP contribution >= 0.6 is 23.2 Å². The second-order valence-electron chi connectivity index (χ2n) is 11.2. The maximum absolute atomic E-state index is 11.7. The molecule has 2 aliphatic rings. The Morgan fingerprint density at radius 1 is 1.10 bits per heavy atom. The first kappa shape index (κ1) is 35.9. The minimum Gasteiger partial charge on any atom is -0.385 e. The fraction of sp³-hybridized carbons (Fsp3) is 0.613. The van der Waals surface area contributed by atoms with Crippen LogP contribution in [0.3, 0.4) is 0 Å². The van der Waals surface area contributed by atoms with Gasteiger partial charge in [0.25, 0.3) is 0 Å². The zero-order valence-corrected chi connectivity index (χ0v) is 27.3. The summed E-state index contributed by atoms with van der Waals surface area (Å²) in [5.74, 6) is 1.27. The summed E-state index contributed by atoms with van der Waals surface area (Å²) in [7, 11) is 1.74. The second-order valence-corrected chi connectivity index (χ2v) is 12.0. The number of nitrogen functional groups attached to an aromatic ring is 1. The quantitative estimate of drug-likeness (QED) is 0.356. The van der Waals surface area contributed by atoms with E-state index in [1.54, 1.807) is 7.11 Å². The van der Waals surface area contributed by atoms with Crippen molar-refractivity contribution >= 4 is 47.4 Å². The number of carbonyl (C=O) groups excluding carboxylic acids is 2. The molecule has 0 aliphatic carbocycles. The lowest BCUT2D eigenvalue weighted by Crippen LogP contribution is -2.58. The lowest BCUT2D eigenvalue weighted by molar-refractivity contribution is -0.0980. The number of methoxy groups -OCH3 is 1. The van der Waals surface area contributed by atoms with Crippen LogP contribution in [0.25, 0.3) is 0 Å². The van der Waals surface area contributed by atoms with E-state index in [9.17, 15) is 4.79 Å². The van der Waals surface area contributed by atoms with E-state index >= 15 is 0 Å². The topological polar surface area (TPSA) is 105 Å². The molecule has 0 saturated carbocycles. The highest BCUT2D eigenvalue weighted by Crippen LogP contribution is 2.30. The van der Waals surface area contributed by atoms with Gasteiger partial charge in [-0.2, -0.15) is 0 Å². The van der Waals surface area contributed by atoms with Crippen molar-refractivity contribution in [3.63, 3.8) is 0 Å². The molecular formula is C31H48Cl2N6O3. The number of nitrogens with zero attached hydrogens (tertiary/aromatic N) is 5. The molecule has 2 fully saturated rings. The van der Waals surface area contributed by atoms with Crippen molar-refractivity contribution in [3.05, 3.63) is 45.7 Å². The summed E-state index contributed by atoms with van der Waals surface area (Å²) in [5, 5.41) is 1.03. The monoisotopic (exact) mass is 622 g/mol. The number of benzene rings is 1. The number of aromatic nitrogens is 2.